The molecule has 0 aliphatic carbocycles. The molecule has 4 nitrogen and oxygen atoms in total. The van der Waals surface area contributed by atoms with Crippen molar-refractivity contribution in [2.75, 3.05) is 14.1 Å². The standard InChI is InChI=1S/C14H18N4S/c1-10(17-18(2,3)14(15)19)12-9-8-11-6-4-5-7-13(11)16-12/h4-10,17H,1-3H3,(H-,15,19)/p+1. The van der Waals surface area contributed by atoms with Crippen molar-refractivity contribution in [3.63, 3.8) is 0 Å². The van der Waals surface area contributed by atoms with E-state index in [4.69, 9.17) is 18.0 Å². The number of thiocarbonyl (C=S) groups is 1. The molecule has 100 valence electrons. The van der Waals surface area contributed by atoms with Crippen molar-refractivity contribution in [3.05, 3.63) is 42.1 Å². The van der Waals surface area contributed by atoms with Gasteiger partial charge in [-0.15, -0.1) is 0 Å². The van der Waals surface area contributed by atoms with Crippen LogP contribution < -0.4 is 11.2 Å². The summed E-state index contributed by atoms with van der Waals surface area (Å²) in [6, 6.07) is 12.2. The summed E-state index contributed by atoms with van der Waals surface area (Å²) in [5.74, 6) is 0. The van der Waals surface area contributed by atoms with Crippen molar-refractivity contribution in [3.8, 4) is 0 Å². The molecule has 0 aliphatic heterocycles. The quantitative estimate of drug-likeness (QED) is 0.512. The molecule has 0 saturated heterocycles. The highest BCUT2D eigenvalue weighted by atomic mass is 32.1. The van der Waals surface area contributed by atoms with Crippen LogP contribution in [-0.2, 0) is 0 Å². The first-order valence-electron chi connectivity index (χ1n) is 6.17. The number of benzene rings is 1. The van der Waals surface area contributed by atoms with Crippen LogP contribution in [0.5, 0.6) is 0 Å². The Morgan fingerprint density at radius 1 is 1.26 bits per heavy atom. The zero-order valence-electron chi connectivity index (χ0n) is 11.4. The summed E-state index contributed by atoms with van der Waals surface area (Å²) in [4.78, 5) is 4.66. The largest absolute Gasteiger partial charge is 0.343 e. The second-order valence-electron chi connectivity index (χ2n) is 5.07. The van der Waals surface area contributed by atoms with Gasteiger partial charge in [0.2, 0.25) is 0 Å². The Kier molecular flexibility index (Phi) is 3.80. The van der Waals surface area contributed by atoms with Crippen LogP contribution in [0.1, 0.15) is 18.7 Å². The molecule has 5 heteroatoms. The van der Waals surface area contributed by atoms with Crippen LogP contribution in [-0.4, -0.2) is 28.8 Å². The number of rotatable bonds is 3. The molecule has 3 N–H and O–H groups in total. The van der Waals surface area contributed by atoms with Crippen LogP contribution in [0.2, 0.25) is 0 Å². The molecule has 1 atom stereocenters. The lowest BCUT2D eigenvalue weighted by Crippen LogP contribution is -2.58. The lowest BCUT2D eigenvalue weighted by Gasteiger charge is -2.29. The maximum Gasteiger partial charge on any atom is 0.286 e. The second-order valence-corrected chi connectivity index (χ2v) is 5.49. The fraction of sp³-hybridized carbons (Fsp3) is 0.286. The summed E-state index contributed by atoms with van der Waals surface area (Å²) in [6.45, 7) is 2.05. The predicted molar refractivity (Wildman–Crippen MR) is 82.2 cm³/mol. The summed E-state index contributed by atoms with van der Waals surface area (Å²) < 4.78 is 0.283. The molecule has 0 aliphatic rings. The fourth-order valence-corrected chi connectivity index (χ4v) is 1.99. The SMILES string of the molecule is CC(N[N+](C)(C)C(N)=S)c1ccc2ccccc2n1. The molecule has 0 radical (unpaired) electrons. The summed E-state index contributed by atoms with van der Waals surface area (Å²) in [7, 11) is 3.83. The van der Waals surface area contributed by atoms with Crippen LogP contribution in [0.4, 0.5) is 0 Å². The van der Waals surface area contributed by atoms with E-state index in [9.17, 15) is 0 Å². The molecule has 0 spiro atoms. The molecular weight excluding hydrogens is 256 g/mol. The normalized spacial score (nSPS) is 13.4. The molecule has 2 aromatic rings. The van der Waals surface area contributed by atoms with Gasteiger partial charge in [0.1, 0.15) is 0 Å². The molecule has 1 aromatic heterocycles. The molecule has 1 unspecified atom stereocenters. The zero-order valence-corrected chi connectivity index (χ0v) is 12.2. The third kappa shape index (κ3) is 3.07. The van der Waals surface area contributed by atoms with E-state index >= 15 is 0 Å². The Balaban J connectivity index is 2.26. The Morgan fingerprint density at radius 2 is 1.95 bits per heavy atom. The molecule has 2 rings (SSSR count). The smallest absolute Gasteiger partial charge is 0.286 e. The number of hydrogen-bond donors (Lipinski definition) is 2. The van der Waals surface area contributed by atoms with Gasteiger partial charge in [0.05, 0.1) is 31.3 Å². The number of nitrogens with one attached hydrogen (secondary N) is 1. The third-order valence-corrected chi connectivity index (χ3v) is 3.59. The lowest BCUT2D eigenvalue weighted by molar-refractivity contribution is -0.850. The number of aromatic nitrogens is 1. The minimum Gasteiger partial charge on any atom is -0.343 e. The van der Waals surface area contributed by atoms with Gasteiger partial charge >= 0.3 is 0 Å². The summed E-state index contributed by atoms with van der Waals surface area (Å²) in [5.41, 5.74) is 11.0. The third-order valence-electron chi connectivity index (χ3n) is 3.13. The van der Waals surface area contributed by atoms with Gasteiger partial charge in [0.15, 0.2) is 0 Å². The number of pyridine rings is 1. The molecule has 0 fully saturated rings. The monoisotopic (exact) mass is 275 g/mol. The van der Waals surface area contributed by atoms with Crippen LogP contribution in [0, 0.1) is 0 Å². The van der Waals surface area contributed by atoms with E-state index in [0.717, 1.165) is 16.6 Å². The minimum atomic E-state index is 0.0566. The van der Waals surface area contributed by atoms with Gasteiger partial charge in [-0.1, -0.05) is 24.3 Å². The van der Waals surface area contributed by atoms with E-state index in [1.807, 2.05) is 38.4 Å². The Bertz CT molecular complexity index is 609. The first kappa shape index (κ1) is 13.9. The van der Waals surface area contributed by atoms with Crippen molar-refractivity contribution in [1.82, 2.24) is 10.4 Å². The number of nitrogens with zero attached hydrogens (tertiary/aromatic N) is 2. The van der Waals surface area contributed by atoms with Crippen molar-refractivity contribution >= 4 is 28.2 Å². The van der Waals surface area contributed by atoms with Gasteiger partial charge in [0, 0.05) is 17.6 Å². The Hall–Kier alpha value is -1.56. The van der Waals surface area contributed by atoms with Gasteiger partial charge < -0.3 is 5.73 Å². The first-order chi connectivity index (χ1) is 8.90. The number of hydrogen-bond acceptors (Lipinski definition) is 3. The molecule has 1 heterocycles. The summed E-state index contributed by atoms with van der Waals surface area (Å²) in [6.07, 6.45) is 0. The fourth-order valence-electron chi connectivity index (χ4n) is 1.94. The highest BCUT2D eigenvalue weighted by Crippen LogP contribution is 2.17. The van der Waals surface area contributed by atoms with Gasteiger partial charge in [-0.2, -0.15) is 10.0 Å². The van der Waals surface area contributed by atoms with Gasteiger partial charge in [-0.25, -0.2) is 0 Å². The van der Waals surface area contributed by atoms with Crippen LogP contribution in [0.3, 0.4) is 0 Å². The van der Waals surface area contributed by atoms with Crippen LogP contribution >= 0.6 is 12.2 Å². The van der Waals surface area contributed by atoms with Crippen LogP contribution in [0.25, 0.3) is 10.9 Å². The van der Waals surface area contributed by atoms with Gasteiger partial charge in [0.25, 0.3) is 5.11 Å². The average Bonchev–Trinajstić information content (AvgIpc) is 2.37. The van der Waals surface area contributed by atoms with Gasteiger partial charge in [-0.3, -0.25) is 4.98 Å². The topological polar surface area (TPSA) is 50.9 Å². The number of para-hydroxylation sites is 1. The molecular formula is C14H19N4S+. The second kappa shape index (κ2) is 5.21. The minimum absolute atomic E-state index is 0.0566. The van der Waals surface area contributed by atoms with E-state index < -0.39 is 0 Å². The maximum absolute atomic E-state index is 5.71. The summed E-state index contributed by atoms with van der Waals surface area (Å²) in [5, 5.41) is 1.54. The number of fused-ring (bicyclic) bond motifs is 1. The van der Waals surface area contributed by atoms with E-state index in [1.165, 1.54) is 0 Å². The highest BCUT2D eigenvalue weighted by molar-refractivity contribution is 7.79. The number of nitrogens with two attached hydrogens (primary N) is 1. The van der Waals surface area contributed by atoms with Crippen molar-refractivity contribution in [1.29, 1.82) is 0 Å². The lowest BCUT2D eigenvalue weighted by atomic mass is 10.1. The zero-order chi connectivity index (χ0) is 14.0. The van der Waals surface area contributed by atoms with Crippen molar-refractivity contribution in [2.24, 2.45) is 5.73 Å². The van der Waals surface area contributed by atoms with E-state index in [1.54, 1.807) is 0 Å². The first-order valence-corrected chi connectivity index (χ1v) is 6.58. The highest BCUT2D eigenvalue weighted by Gasteiger charge is 2.23. The van der Waals surface area contributed by atoms with E-state index in [2.05, 4.69) is 29.5 Å². The van der Waals surface area contributed by atoms with E-state index in [0.29, 0.717) is 5.11 Å². The molecule has 0 amide bonds. The molecule has 1 aromatic carbocycles. The molecule has 0 saturated carbocycles. The molecule has 0 bridgehead atoms. The summed E-state index contributed by atoms with van der Waals surface area (Å²) >= 11 is 5.04. The Labute approximate surface area is 118 Å². The average molecular weight is 275 g/mol. The van der Waals surface area contributed by atoms with Crippen molar-refractivity contribution < 1.29 is 4.59 Å². The van der Waals surface area contributed by atoms with Crippen molar-refractivity contribution in [2.45, 2.75) is 13.0 Å². The van der Waals surface area contributed by atoms with Gasteiger partial charge in [-0.05, 0) is 19.1 Å². The van der Waals surface area contributed by atoms with E-state index in [-0.39, 0.29) is 10.6 Å². The maximum atomic E-state index is 5.71. The molecule has 19 heavy (non-hydrogen) atoms. The predicted octanol–water partition coefficient (Wildman–Crippen LogP) is 2.12. The Morgan fingerprint density at radius 3 is 2.63 bits per heavy atom. The van der Waals surface area contributed by atoms with Crippen LogP contribution in [0.15, 0.2) is 36.4 Å². The number of quaternary nitrogens is 1.